The van der Waals surface area contributed by atoms with Crippen molar-refractivity contribution in [3.8, 4) is 11.4 Å². The monoisotopic (exact) mass is 431 g/mol. The molecule has 3 aromatic rings. The molecular formula is C19H21N5O3S2. The SMILES string of the molecule is CCn1c(SCC(=O)Nc2ccc(S(N)(=O)=O)cc2)nnc1-c1ccccc1C. The van der Waals surface area contributed by atoms with Crippen molar-refractivity contribution in [3.05, 3.63) is 54.1 Å². The van der Waals surface area contributed by atoms with Crippen molar-refractivity contribution in [1.29, 1.82) is 0 Å². The van der Waals surface area contributed by atoms with Crippen molar-refractivity contribution in [2.24, 2.45) is 5.14 Å². The maximum Gasteiger partial charge on any atom is 0.238 e. The van der Waals surface area contributed by atoms with Crippen molar-refractivity contribution in [3.63, 3.8) is 0 Å². The van der Waals surface area contributed by atoms with Crippen LogP contribution in [0.5, 0.6) is 0 Å². The highest BCUT2D eigenvalue weighted by molar-refractivity contribution is 7.99. The third-order valence-corrected chi connectivity index (χ3v) is 6.11. The molecule has 0 bridgehead atoms. The first-order chi connectivity index (χ1) is 13.8. The molecule has 0 aliphatic heterocycles. The van der Waals surface area contributed by atoms with E-state index in [0.717, 1.165) is 17.0 Å². The lowest BCUT2D eigenvalue weighted by Gasteiger charge is -2.09. The number of carbonyl (C=O) groups is 1. The molecule has 0 aliphatic carbocycles. The van der Waals surface area contributed by atoms with Crippen LogP contribution >= 0.6 is 11.8 Å². The van der Waals surface area contributed by atoms with Crippen LogP contribution in [0.3, 0.4) is 0 Å². The minimum atomic E-state index is -3.76. The molecule has 1 heterocycles. The van der Waals surface area contributed by atoms with Crippen LogP contribution in [0.15, 0.2) is 58.6 Å². The van der Waals surface area contributed by atoms with E-state index < -0.39 is 10.0 Å². The Morgan fingerprint density at radius 1 is 1.14 bits per heavy atom. The lowest BCUT2D eigenvalue weighted by atomic mass is 10.1. The minimum Gasteiger partial charge on any atom is -0.325 e. The number of nitrogens with zero attached hydrogens (tertiary/aromatic N) is 3. The van der Waals surface area contributed by atoms with Crippen molar-refractivity contribution in [1.82, 2.24) is 14.8 Å². The van der Waals surface area contributed by atoms with Gasteiger partial charge in [-0.2, -0.15) is 0 Å². The number of hydrogen-bond donors (Lipinski definition) is 2. The summed E-state index contributed by atoms with van der Waals surface area (Å²) in [6.45, 7) is 4.70. The van der Waals surface area contributed by atoms with Crippen LogP contribution in [0.25, 0.3) is 11.4 Å². The molecule has 152 valence electrons. The van der Waals surface area contributed by atoms with Gasteiger partial charge in [-0.1, -0.05) is 36.0 Å². The van der Waals surface area contributed by atoms with E-state index in [9.17, 15) is 13.2 Å². The van der Waals surface area contributed by atoms with E-state index in [2.05, 4.69) is 15.5 Å². The average molecular weight is 432 g/mol. The topological polar surface area (TPSA) is 120 Å². The van der Waals surface area contributed by atoms with E-state index in [0.29, 0.717) is 17.4 Å². The Labute approximate surface area is 173 Å². The van der Waals surface area contributed by atoms with Crippen molar-refractivity contribution in [2.45, 2.75) is 30.4 Å². The number of aryl methyl sites for hydroxylation is 1. The fraction of sp³-hybridized carbons (Fsp3) is 0.211. The van der Waals surface area contributed by atoms with Crippen LogP contribution in [-0.2, 0) is 21.4 Å². The zero-order valence-electron chi connectivity index (χ0n) is 16.0. The second-order valence-corrected chi connectivity index (χ2v) is 8.78. The summed E-state index contributed by atoms with van der Waals surface area (Å²) in [4.78, 5) is 12.3. The normalized spacial score (nSPS) is 11.4. The fourth-order valence-electron chi connectivity index (χ4n) is 2.76. The van der Waals surface area contributed by atoms with Gasteiger partial charge in [-0.05, 0) is 43.7 Å². The molecule has 0 radical (unpaired) electrons. The van der Waals surface area contributed by atoms with Gasteiger partial charge in [0.2, 0.25) is 15.9 Å². The molecule has 0 unspecified atom stereocenters. The van der Waals surface area contributed by atoms with Crippen molar-refractivity contribution in [2.75, 3.05) is 11.1 Å². The summed E-state index contributed by atoms with van der Waals surface area (Å²) in [5.74, 6) is 0.677. The molecule has 0 saturated heterocycles. The number of aromatic nitrogens is 3. The van der Waals surface area contributed by atoms with Gasteiger partial charge in [0.15, 0.2) is 11.0 Å². The molecule has 0 spiro atoms. The highest BCUT2D eigenvalue weighted by Gasteiger charge is 2.16. The van der Waals surface area contributed by atoms with Crippen LogP contribution in [0.4, 0.5) is 5.69 Å². The molecule has 0 aliphatic rings. The average Bonchev–Trinajstić information content (AvgIpc) is 3.09. The summed E-state index contributed by atoms with van der Waals surface area (Å²) in [5, 5.41) is 17.0. The minimum absolute atomic E-state index is 0.00958. The number of carbonyl (C=O) groups excluding carboxylic acids is 1. The molecule has 0 atom stereocenters. The number of anilines is 1. The van der Waals surface area contributed by atoms with Gasteiger partial charge in [-0.15, -0.1) is 10.2 Å². The molecule has 8 nitrogen and oxygen atoms in total. The maximum atomic E-state index is 12.3. The first-order valence-electron chi connectivity index (χ1n) is 8.84. The van der Waals surface area contributed by atoms with Gasteiger partial charge < -0.3 is 9.88 Å². The Morgan fingerprint density at radius 2 is 1.83 bits per heavy atom. The summed E-state index contributed by atoms with van der Waals surface area (Å²) < 4.78 is 24.5. The second kappa shape index (κ2) is 8.76. The number of rotatable bonds is 7. The quantitative estimate of drug-likeness (QED) is 0.555. The molecular weight excluding hydrogens is 410 g/mol. The Bertz CT molecular complexity index is 1130. The third-order valence-electron chi connectivity index (χ3n) is 4.22. The van der Waals surface area contributed by atoms with Gasteiger partial charge in [0.25, 0.3) is 0 Å². The van der Waals surface area contributed by atoms with Gasteiger partial charge in [0.1, 0.15) is 0 Å². The van der Waals surface area contributed by atoms with Crippen LogP contribution in [-0.4, -0.2) is 34.8 Å². The second-order valence-electron chi connectivity index (χ2n) is 6.27. The Morgan fingerprint density at radius 3 is 2.45 bits per heavy atom. The number of primary sulfonamides is 1. The third kappa shape index (κ3) is 5.03. The van der Waals surface area contributed by atoms with E-state index >= 15 is 0 Å². The van der Waals surface area contributed by atoms with Crippen LogP contribution in [0.1, 0.15) is 12.5 Å². The fourth-order valence-corrected chi connectivity index (χ4v) is 4.08. The van der Waals surface area contributed by atoms with E-state index in [1.54, 1.807) is 0 Å². The molecule has 1 amide bonds. The molecule has 3 rings (SSSR count). The summed E-state index contributed by atoms with van der Waals surface area (Å²) in [7, 11) is -3.76. The Kier molecular flexibility index (Phi) is 6.36. The van der Waals surface area contributed by atoms with Crippen molar-refractivity contribution >= 4 is 33.4 Å². The largest absolute Gasteiger partial charge is 0.325 e. The zero-order chi connectivity index (χ0) is 21.0. The number of sulfonamides is 1. The van der Waals surface area contributed by atoms with E-state index in [1.165, 1.54) is 36.0 Å². The molecule has 2 aromatic carbocycles. The summed E-state index contributed by atoms with van der Waals surface area (Å²) in [6.07, 6.45) is 0. The van der Waals surface area contributed by atoms with E-state index in [4.69, 9.17) is 5.14 Å². The number of benzene rings is 2. The summed E-state index contributed by atoms with van der Waals surface area (Å²) in [5.41, 5.74) is 2.60. The molecule has 3 N–H and O–H groups in total. The molecule has 0 fully saturated rings. The van der Waals surface area contributed by atoms with Gasteiger partial charge in [-0.25, -0.2) is 13.6 Å². The molecule has 29 heavy (non-hydrogen) atoms. The number of thioether (sulfide) groups is 1. The number of amides is 1. The highest BCUT2D eigenvalue weighted by atomic mass is 32.2. The van der Waals surface area contributed by atoms with Gasteiger partial charge in [0.05, 0.1) is 10.6 Å². The molecule has 0 saturated carbocycles. The predicted octanol–water partition coefficient (Wildman–Crippen LogP) is 2.65. The van der Waals surface area contributed by atoms with Crippen LogP contribution in [0, 0.1) is 6.92 Å². The van der Waals surface area contributed by atoms with Crippen LogP contribution < -0.4 is 10.5 Å². The molecule has 1 aromatic heterocycles. The van der Waals surface area contributed by atoms with E-state index in [-0.39, 0.29) is 16.6 Å². The smallest absolute Gasteiger partial charge is 0.238 e. The maximum absolute atomic E-state index is 12.3. The Hall–Kier alpha value is -2.69. The van der Waals surface area contributed by atoms with E-state index in [1.807, 2.05) is 42.7 Å². The van der Waals surface area contributed by atoms with Gasteiger partial charge in [0, 0.05) is 17.8 Å². The van der Waals surface area contributed by atoms with Crippen molar-refractivity contribution < 1.29 is 13.2 Å². The predicted molar refractivity (Wildman–Crippen MR) is 113 cm³/mol. The van der Waals surface area contributed by atoms with Gasteiger partial charge >= 0.3 is 0 Å². The summed E-state index contributed by atoms with van der Waals surface area (Å²) in [6, 6.07) is 13.6. The zero-order valence-corrected chi connectivity index (χ0v) is 17.6. The number of hydrogen-bond acceptors (Lipinski definition) is 6. The van der Waals surface area contributed by atoms with Crippen LogP contribution in [0.2, 0.25) is 0 Å². The number of nitrogens with two attached hydrogens (primary N) is 1. The molecule has 10 heteroatoms. The number of nitrogens with one attached hydrogen (secondary N) is 1. The Balaban J connectivity index is 1.67. The standard InChI is InChI=1S/C19H21N5O3S2/c1-3-24-18(16-7-5-4-6-13(16)2)22-23-19(24)28-12-17(25)21-14-8-10-15(11-9-14)29(20,26)27/h4-11H,3,12H2,1-2H3,(H,21,25)(H2,20,26,27). The van der Waals surface area contributed by atoms with Gasteiger partial charge in [-0.3, -0.25) is 4.79 Å². The highest BCUT2D eigenvalue weighted by Crippen LogP contribution is 2.26. The summed E-state index contributed by atoms with van der Waals surface area (Å²) >= 11 is 1.29. The lowest BCUT2D eigenvalue weighted by Crippen LogP contribution is -2.15. The first-order valence-corrected chi connectivity index (χ1v) is 11.4. The lowest BCUT2D eigenvalue weighted by molar-refractivity contribution is -0.113. The first kappa shape index (κ1) is 21.0.